The van der Waals surface area contributed by atoms with Crippen molar-refractivity contribution in [2.75, 3.05) is 44.7 Å². The minimum absolute atomic E-state index is 0.0869. The number of amides is 2. The van der Waals surface area contributed by atoms with Crippen LogP contribution in [0.2, 0.25) is 0 Å². The summed E-state index contributed by atoms with van der Waals surface area (Å²) in [4.78, 5) is 35.9. The van der Waals surface area contributed by atoms with E-state index in [1.54, 1.807) is 30.0 Å². The molecule has 9 heteroatoms. The summed E-state index contributed by atoms with van der Waals surface area (Å²) in [6.07, 6.45) is 3.32. The second kappa shape index (κ2) is 9.97. The number of nitrogens with one attached hydrogen (secondary N) is 1. The van der Waals surface area contributed by atoms with Gasteiger partial charge in [-0.1, -0.05) is 18.2 Å². The molecule has 2 aliphatic heterocycles. The number of ether oxygens (including phenoxy) is 1. The molecule has 2 aliphatic rings. The zero-order valence-electron chi connectivity index (χ0n) is 18.1. The maximum atomic E-state index is 13.5. The van der Waals surface area contributed by atoms with Crippen LogP contribution in [0.3, 0.4) is 0 Å². The average Bonchev–Trinajstić information content (AvgIpc) is 2.84. The van der Waals surface area contributed by atoms with Gasteiger partial charge in [-0.15, -0.1) is 0 Å². The molecule has 1 aromatic carbocycles. The molecule has 0 aliphatic carbocycles. The van der Waals surface area contributed by atoms with Crippen LogP contribution in [0, 0.1) is 5.92 Å². The molecule has 0 bridgehead atoms. The van der Waals surface area contributed by atoms with E-state index in [9.17, 15) is 14.8 Å². The highest BCUT2D eigenvalue weighted by Gasteiger charge is 2.45. The van der Waals surface area contributed by atoms with Crippen molar-refractivity contribution >= 4 is 17.5 Å². The van der Waals surface area contributed by atoms with Gasteiger partial charge in [0.1, 0.15) is 17.9 Å². The molecule has 32 heavy (non-hydrogen) atoms. The molecule has 0 radical (unpaired) electrons. The molecule has 4 rings (SSSR count). The molecule has 3 atom stereocenters. The van der Waals surface area contributed by atoms with Crippen LogP contribution in [-0.4, -0.2) is 83.7 Å². The van der Waals surface area contributed by atoms with E-state index in [1.165, 1.54) is 0 Å². The molecular weight excluding hydrogens is 410 g/mol. The topological polar surface area (TPSA) is 98.2 Å². The van der Waals surface area contributed by atoms with E-state index in [4.69, 9.17) is 4.74 Å². The minimum atomic E-state index is -0.717. The summed E-state index contributed by atoms with van der Waals surface area (Å²) in [6, 6.07) is 13.0. The number of piperazine rings is 1. The van der Waals surface area contributed by atoms with E-state index in [-0.39, 0.29) is 12.0 Å². The van der Waals surface area contributed by atoms with E-state index >= 15 is 0 Å². The number of hydroxylamine groups is 1. The Morgan fingerprint density at radius 2 is 1.75 bits per heavy atom. The fourth-order valence-electron chi connectivity index (χ4n) is 4.63. The van der Waals surface area contributed by atoms with Crippen molar-refractivity contribution in [3.05, 3.63) is 54.9 Å². The smallest absolute Gasteiger partial charge is 0.248 e. The Hall–Kier alpha value is -3.17. The number of likely N-dealkylation sites (tertiary alicyclic amines) is 1. The van der Waals surface area contributed by atoms with Crippen molar-refractivity contribution in [2.45, 2.75) is 18.6 Å². The van der Waals surface area contributed by atoms with Crippen LogP contribution in [0.15, 0.2) is 54.9 Å². The molecule has 3 heterocycles. The van der Waals surface area contributed by atoms with E-state index in [2.05, 4.69) is 22.0 Å². The molecular formula is C23H29N5O4. The number of benzene rings is 1. The van der Waals surface area contributed by atoms with Crippen LogP contribution in [0.4, 0.5) is 5.69 Å². The van der Waals surface area contributed by atoms with Crippen LogP contribution < -0.4 is 15.1 Å². The quantitative estimate of drug-likeness (QED) is 0.530. The van der Waals surface area contributed by atoms with Gasteiger partial charge in [-0.2, -0.15) is 0 Å². The second-order valence-corrected chi connectivity index (χ2v) is 8.27. The second-order valence-electron chi connectivity index (χ2n) is 8.27. The lowest BCUT2D eigenvalue weighted by Crippen LogP contribution is -2.62. The van der Waals surface area contributed by atoms with Crippen molar-refractivity contribution in [2.24, 2.45) is 5.92 Å². The van der Waals surface area contributed by atoms with Gasteiger partial charge in [-0.3, -0.25) is 24.7 Å². The van der Waals surface area contributed by atoms with Crippen molar-refractivity contribution in [3.63, 3.8) is 0 Å². The van der Waals surface area contributed by atoms with Gasteiger partial charge >= 0.3 is 0 Å². The summed E-state index contributed by atoms with van der Waals surface area (Å²) in [5.74, 6) is -0.717. The molecule has 0 saturated carbocycles. The van der Waals surface area contributed by atoms with E-state index < -0.39 is 17.9 Å². The third-order valence-electron chi connectivity index (χ3n) is 6.23. The fourth-order valence-corrected chi connectivity index (χ4v) is 4.63. The monoisotopic (exact) mass is 439 g/mol. The number of anilines is 1. The first-order valence-corrected chi connectivity index (χ1v) is 10.9. The van der Waals surface area contributed by atoms with Gasteiger partial charge in [0.25, 0.3) is 0 Å². The number of pyridine rings is 1. The van der Waals surface area contributed by atoms with Gasteiger partial charge in [0.05, 0.1) is 5.92 Å². The number of piperidine rings is 1. The third-order valence-corrected chi connectivity index (χ3v) is 6.23. The van der Waals surface area contributed by atoms with Crippen LogP contribution in [0.25, 0.3) is 0 Å². The van der Waals surface area contributed by atoms with Crippen LogP contribution in [0.5, 0.6) is 5.75 Å². The molecule has 9 nitrogen and oxygen atoms in total. The van der Waals surface area contributed by atoms with Crippen LogP contribution in [-0.2, 0) is 9.59 Å². The third kappa shape index (κ3) is 4.84. The number of nitrogens with zero attached hydrogens (tertiary/aromatic N) is 4. The molecule has 2 aromatic rings. The molecule has 0 spiro atoms. The molecule has 2 N–H and O–H groups in total. The van der Waals surface area contributed by atoms with Gasteiger partial charge in [-0.05, 0) is 37.7 Å². The molecule has 170 valence electrons. The maximum absolute atomic E-state index is 13.5. The number of carbonyl (C=O) groups is 2. The lowest BCUT2D eigenvalue weighted by Gasteiger charge is -2.44. The highest BCUT2D eigenvalue weighted by atomic mass is 16.5. The predicted octanol–water partition coefficient (Wildman–Crippen LogP) is 1.00. The van der Waals surface area contributed by atoms with E-state index in [0.29, 0.717) is 31.8 Å². The van der Waals surface area contributed by atoms with Crippen LogP contribution in [0.1, 0.15) is 6.42 Å². The Morgan fingerprint density at radius 3 is 2.41 bits per heavy atom. The first kappa shape index (κ1) is 22.0. The predicted molar refractivity (Wildman–Crippen MR) is 118 cm³/mol. The SMILES string of the molecule is CN1CC(Oc2ccncc2)CC(C(=O)NO)C1C(=O)N1CCN(c2ccccc2)CC1. The van der Waals surface area contributed by atoms with Gasteiger partial charge in [-0.25, -0.2) is 5.48 Å². The molecule has 3 unspecified atom stereocenters. The number of rotatable bonds is 5. The summed E-state index contributed by atoms with van der Waals surface area (Å²) in [5.41, 5.74) is 2.89. The van der Waals surface area contributed by atoms with Crippen molar-refractivity contribution in [1.29, 1.82) is 0 Å². The Balaban J connectivity index is 1.43. The first-order valence-electron chi connectivity index (χ1n) is 10.9. The molecule has 2 saturated heterocycles. The molecule has 1 aromatic heterocycles. The fraction of sp³-hybridized carbons (Fsp3) is 0.435. The highest BCUT2D eigenvalue weighted by Crippen LogP contribution is 2.28. The highest BCUT2D eigenvalue weighted by molar-refractivity contribution is 5.90. The average molecular weight is 440 g/mol. The number of hydrogen-bond donors (Lipinski definition) is 2. The summed E-state index contributed by atoms with van der Waals surface area (Å²) in [6.45, 7) is 3.14. The molecule has 2 fully saturated rings. The summed E-state index contributed by atoms with van der Waals surface area (Å²) < 4.78 is 6.01. The standard InChI is InChI=1S/C23H29N5O4/c1-26-16-19(32-18-7-9-24-10-8-18)15-20(22(29)25-31)21(26)23(30)28-13-11-27(12-14-28)17-5-3-2-4-6-17/h2-10,19-21,31H,11-16H2,1H3,(H,25,29). The van der Waals surface area contributed by atoms with Gasteiger partial charge < -0.3 is 14.5 Å². The largest absolute Gasteiger partial charge is 0.489 e. The minimum Gasteiger partial charge on any atom is -0.489 e. The van der Waals surface area contributed by atoms with Gasteiger partial charge in [0.15, 0.2) is 0 Å². The summed E-state index contributed by atoms with van der Waals surface area (Å²) in [7, 11) is 1.82. The number of hydrogen-bond acceptors (Lipinski definition) is 7. The lowest BCUT2D eigenvalue weighted by molar-refractivity contribution is -0.151. The summed E-state index contributed by atoms with van der Waals surface area (Å²) in [5, 5.41) is 9.32. The van der Waals surface area contributed by atoms with Crippen molar-refractivity contribution < 1.29 is 19.5 Å². The Morgan fingerprint density at radius 1 is 1.06 bits per heavy atom. The van der Waals surface area contributed by atoms with Crippen molar-refractivity contribution in [1.82, 2.24) is 20.3 Å². The van der Waals surface area contributed by atoms with Crippen molar-refractivity contribution in [3.8, 4) is 5.75 Å². The summed E-state index contributed by atoms with van der Waals surface area (Å²) >= 11 is 0. The molecule has 2 amide bonds. The number of carbonyl (C=O) groups excluding carboxylic acids is 2. The Labute approximate surface area is 187 Å². The van der Waals surface area contributed by atoms with Gasteiger partial charge in [0, 0.05) is 50.8 Å². The lowest BCUT2D eigenvalue weighted by atomic mass is 9.86. The Bertz CT molecular complexity index is 905. The van der Waals surface area contributed by atoms with Crippen LogP contribution >= 0.6 is 0 Å². The maximum Gasteiger partial charge on any atom is 0.248 e. The zero-order valence-corrected chi connectivity index (χ0v) is 18.1. The number of aromatic nitrogens is 1. The van der Waals surface area contributed by atoms with E-state index in [1.807, 2.05) is 35.0 Å². The Kier molecular flexibility index (Phi) is 6.87. The zero-order chi connectivity index (χ0) is 22.5. The van der Waals surface area contributed by atoms with Gasteiger partial charge in [0.2, 0.25) is 11.8 Å². The number of likely N-dealkylation sites (N-methyl/N-ethyl adjacent to an activating group) is 1. The number of para-hydroxylation sites is 1. The first-order chi connectivity index (χ1) is 15.6. The normalized spacial score (nSPS) is 24.1. The van der Waals surface area contributed by atoms with E-state index in [0.717, 1.165) is 18.8 Å².